The van der Waals surface area contributed by atoms with Crippen molar-refractivity contribution in [2.75, 3.05) is 12.0 Å². The van der Waals surface area contributed by atoms with Crippen molar-refractivity contribution in [1.82, 2.24) is 20.9 Å². The van der Waals surface area contributed by atoms with Gasteiger partial charge < -0.3 is 16.0 Å². The SMILES string of the molecule is N=C/C(=N\Nc1ncccc1F)C(=O)NCC1NC(=O)NC1=O. The summed E-state index contributed by atoms with van der Waals surface area (Å²) >= 11 is 0. The van der Waals surface area contributed by atoms with Gasteiger partial charge in [0, 0.05) is 12.7 Å². The molecule has 1 aliphatic rings. The molecule has 11 heteroatoms. The number of pyridine rings is 1. The molecule has 10 nitrogen and oxygen atoms in total. The monoisotopic (exact) mass is 321 g/mol. The normalized spacial score (nSPS) is 17.3. The maximum Gasteiger partial charge on any atom is 0.322 e. The highest BCUT2D eigenvalue weighted by Gasteiger charge is 2.29. The minimum absolute atomic E-state index is 0.179. The third-order valence-corrected chi connectivity index (χ3v) is 2.74. The van der Waals surface area contributed by atoms with Crippen molar-refractivity contribution in [2.24, 2.45) is 5.10 Å². The van der Waals surface area contributed by atoms with Gasteiger partial charge in [0.1, 0.15) is 6.04 Å². The lowest BCUT2D eigenvalue weighted by molar-refractivity contribution is -0.120. The van der Waals surface area contributed by atoms with Crippen LogP contribution in [0.25, 0.3) is 0 Å². The Balaban J connectivity index is 1.94. The van der Waals surface area contributed by atoms with Crippen LogP contribution >= 0.6 is 0 Å². The van der Waals surface area contributed by atoms with Crippen LogP contribution in [0.5, 0.6) is 0 Å². The lowest BCUT2D eigenvalue weighted by Gasteiger charge is -2.09. The van der Waals surface area contributed by atoms with E-state index in [1.165, 1.54) is 12.3 Å². The molecule has 0 saturated carbocycles. The first-order valence-corrected chi connectivity index (χ1v) is 6.35. The van der Waals surface area contributed by atoms with E-state index in [1.54, 1.807) is 0 Å². The molecule has 1 atom stereocenters. The van der Waals surface area contributed by atoms with E-state index in [0.717, 1.165) is 6.07 Å². The summed E-state index contributed by atoms with van der Waals surface area (Å²) in [6, 6.07) is 0.980. The maximum atomic E-state index is 13.3. The first-order valence-electron chi connectivity index (χ1n) is 6.35. The van der Waals surface area contributed by atoms with E-state index in [1.807, 2.05) is 5.32 Å². The molecular formula is C12H12FN7O3. The lowest BCUT2D eigenvalue weighted by atomic mass is 10.3. The van der Waals surface area contributed by atoms with Crippen molar-refractivity contribution in [3.63, 3.8) is 0 Å². The Morgan fingerprint density at radius 2 is 2.30 bits per heavy atom. The van der Waals surface area contributed by atoms with Gasteiger partial charge in [-0.15, -0.1) is 0 Å². The Hall–Kier alpha value is -3.37. The number of imide groups is 1. The van der Waals surface area contributed by atoms with E-state index < -0.39 is 29.7 Å². The maximum absolute atomic E-state index is 13.3. The predicted octanol–water partition coefficient (Wildman–Crippen LogP) is -1.04. The Morgan fingerprint density at radius 3 is 2.91 bits per heavy atom. The number of hydrogen-bond donors (Lipinski definition) is 5. The molecule has 0 bridgehead atoms. The van der Waals surface area contributed by atoms with E-state index >= 15 is 0 Å². The van der Waals surface area contributed by atoms with Crippen LogP contribution in [0.3, 0.4) is 0 Å². The summed E-state index contributed by atoms with van der Waals surface area (Å²) in [6.07, 6.45) is 1.98. The van der Waals surface area contributed by atoms with E-state index in [4.69, 9.17) is 5.41 Å². The number of hydrogen-bond acceptors (Lipinski definition) is 7. The van der Waals surface area contributed by atoms with Crippen LogP contribution in [0.4, 0.5) is 15.0 Å². The summed E-state index contributed by atoms with van der Waals surface area (Å²) in [5, 5.41) is 17.4. The topological polar surface area (TPSA) is 148 Å². The van der Waals surface area contributed by atoms with Crippen LogP contribution in [0.2, 0.25) is 0 Å². The second-order valence-corrected chi connectivity index (χ2v) is 4.31. The molecule has 23 heavy (non-hydrogen) atoms. The highest BCUT2D eigenvalue weighted by molar-refractivity contribution is 6.60. The standard InChI is InChI=1S/C12H12FN7O3/c13-6-2-1-3-15-9(6)20-19-7(4-14)10(21)16-5-8-11(22)18-12(23)17-8/h1-4,8,14H,5H2,(H,15,20)(H,16,21)(H2,17,18,22,23)/b14-4?,19-7+. The number of nitrogens with one attached hydrogen (secondary N) is 5. The van der Waals surface area contributed by atoms with E-state index in [9.17, 15) is 18.8 Å². The van der Waals surface area contributed by atoms with Gasteiger partial charge in [-0.05, 0) is 12.1 Å². The van der Waals surface area contributed by atoms with Gasteiger partial charge in [0.25, 0.3) is 11.8 Å². The van der Waals surface area contributed by atoms with Gasteiger partial charge in [0.05, 0.1) is 6.21 Å². The molecule has 120 valence electrons. The molecule has 4 amide bonds. The molecule has 5 N–H and O–H groups in total. The fraction of sp³-hybridized carbons (Fsp3) is 0.167. The van der Waals surface area contributed by atoms with Crippen LogP contribution in [-0.2, 0) is 9.59 Å². The van der Waals surface area contributed by atoms with Crippen LogP contribution in [0.15, 0.2) is 23.4 Å². The number of urea groups is 1. The highest BCUT2D eigenvalue weighted by Crippen LogP contribution is 2.07. The number of hydrazone groups is 1. The van der Waals surface area contributed by atoms with Gasteiger partial charge in [-0.1, -0.05) is 0 Å². The summed E-state index contributed by atoms with van der Waals surface area (Å²) < 4.78 is 13.3. The van der Waals surface area contributed by atoms with Crippen molar-refractivity contribution >= 4 is 35.6 Å². The van der Waals surface area contributed by atoms with Gasteiger partial charge in [-0.3, -0.25) is 20.3 Å². The molecule has 0 spiro atoms. The van der Waals surface area contributed by atoms with Gasteiger partial charge in [-0.25, -0.2) is 14.2 Å². The van der Waals surface area contributed by atoms with Crippen molar-refractivity contribution in [2.45, 2.75) is 6.04 Å². The first kappa shape index (κ1) is 16.0. The number of anilines is 1. The number of amides is 4. The highest BCUT2D eigenvalue weighted by atomic mass is 19.1. The third kappa shape index (κ3) is 4.06. The van der Waals surface area contributed by atoms with Crippen LogP contribution in [0, 0.1) is 11.2 Å². The molecular weight excluding hydrogens is 309 g/mol. The zero-order valence-electron chi connectivity index (χ0n) is 11.6. The summed E-state index contributed by atoms with van der Waals surface area (Å²) in [5.41, 5.74) is 1.87. The molecule has 0 radical (unpaired) electrons. The number of aromatic nitrogens is 1. The van der Waals surface area contributed by atoms with Crippen LogP contribution < -0.4 is 21.4 Å². The van der Waals surface area contributed by atoms with E-state index in [2.05, 4.69) is 26.1 Å². The van der Waals surface area contributed by atoms with Crippen molar-refractivity contribution in [3.05, 3.63) is 24.1 Å². The summed E-state index contributed by atoms with van der Waals surface area (Å²) in [6.45, 7) is -0.179. The molecule has 1 aromatic rings. The first-order chi connectivity index (χ1) is 11.0. The number of carbonyl (C=O) groups is 3. The van der Waals surface area contributed by atoms with Gasteiger partial charge in [-0.2, -0.15) is 5.10 Å². The van der Waals surface area contributed by atoms with Crippen molar-refractivity contribution in [1.29, 1.82) is 5.41 Å². The third-order valence-electron chi connectivity index (χ3n) is 2.74. The average Bonchev–Trinajstić information content (AvgIpc) is 2.85. The van der Waals surface area contributed by atoms with E-state index in [0.29, 0.717) is 6.21 Å². The van der Waals surface area contributed by atoms with Gasteiger partial charge in [0.2, 0.25) is 0 Å². The fourth-order valence-electron chi connectivity index (χ4n) is 1.62. The molecule has 2 heterocycles. The molecule has 0 aromatic carbocycles. The van der Waals surface area contributed by atoms with E-state index in [-0.39, 0.29) is 18.1 Å². The molecule has 1 unspecified atom stereocenters. The minimum atomic E-state index is -0.903. The number of halogens is 1. The van der Waals surface area contributed by atoms with Gasteiger partial charge >= 0.3 is 6.03 Å². The summed E-state index contributed by atoms with van der Waals surface area (Å²) in [5.74, 6) is -2.23. The second kappa shape index (κ2) is 7.06. The zero-order chi connectivity index (χ0) is 16.8. The zero-order valence-corrected chi connectivity index (χ0v) is 11.6. The van der Waals surface area contributed by atoms with Crippen LogP contribution in [0.1, 0.15) is 0 Å². The Morgan fingerprint density at radius 1 is 1.52 bits per heavy atom. The fourth-order valence-corrected chi connectivity index (χ4v) is 1.62. The largest absolute Gasteiger partial charge is 0.348 e. The molecule has 0 aliphatic carbocycles. The van der Waals surface area contributed by atoms with Crippen LogP contribution in [-0.4, -0.2) is 47.3 Å². The molecule has 1 aliphatic heterocycles. The number of carbonyl (C=O) groups excluding carboxylic acids is 3. The quantitative estimate of drug-likeness (QED) is 0.258. The summed E-state index contributed by atoms with van der Waals surface area (Å²) in [4.78, 5) is 37.7. The summed E-state index contributed by atoms with van der Waals surface area (Å²) in [7, 11) is 0. The smallest absolute Gasteiger partial charge is 0.322 e. The van der Waals surface area contributed by atoms with Crippen molar-refractivity contribution in [3.8, 4) is 0 Å². The molecule has 2 rings (SSSR count). The average molecular weight is 321 g/mol. The Kier molecular flexibility index (Phi) is 4.92. The minimum Gasteiger partial charge on any atom is -0.348 e. The molecule has 1 aromatic heterocycles. The van der Waals surface area contributed by atoms with Gasteiger partial charge in [0.15, 0.2) is 17.3 Å². The Labute approximate surface area is 129 Å². The van der Waals surface area contributed by atoms with Crippen molar-refractivity contribution < 1.29 is 18.8 Å². The predicted molar refractivity (Wildman–Crippen MR) is 77.5 cm³/mol. The Bertz CT molecular complexity index is 691. The number of nitrogens with zero attached hydrogens (tertiary/aromatic N) is 2. The molecule has 1 saturated heterocycles. The lowest BCUT2D eigenvalue weighted by Crippen LogP contribution is -2.44. The second-order valence-electron chi connectivity index (χ2n) is 4.31. The molecule has 1 fully saturated rings. The number of rotatable bonds is 6.